The fraction of sp³-hybridized carbons (Fsp3) is 0.333. The van der Waals surface area contributed by atoms with Crippen LogP contribution < -0.4 is 4.90 Å². The predicted octanol–water partition coefficient (Wildman–Crippen LogP) is 3.93. The molecule has 33 heavy (non-hydrogen) atoms. The summed E-state index contributed by atoms with van der Waals surface area (Å²) in [4.78, 5) is 18.5. The van der Waals surface area contributed by atoms with Crippen LogP contribution in [-0.2, 0) is 10.8 Å². The van der Waals surface area contributed by atoms with Crippen LogP contribution in [0.5, 0.6) is 0 Å². The molecule has 0 aliphatic carbocycles. The van der Waals surface area contributed by atoms with Crippen LogP contribution in [0.2, 0.25) is 0 Å². The van der Waals surface area contributed by atoms with Gasteiger partial charge < -0.3 is 14.5 Å². The van der Waals surface area contributed by atoms with Gasteiger partial charge in [-0.1, -0.05) is 6.92 Å². The summed E-state index contributed by atoms with van der Waals surface area (Å²) in [5.74, 6) is 0.886. The zero-order valence-corrected chi connectivity index (χ0v) is 19.2. The molecule has 1 aliphatic heterocycles. The van der Waals surface area contributed by atoms with E-state index in [1.165, 1.54) is 0 Å². The smallest absolute Gasteiger partial charge is 0.141 e. The molecule has 4 aromatic heterocycles. The molecule has 0 saturated carbocycles. The van der Waals surface area contributed by atoms with E-state index in [0.717, 1.165) is 47.5 Å². The van der Waals surface area contributed by atoms with Gasteiger partial charge in [-0.3, -0.25) is 4.21 Å². The van der Waals surface area contributed by atoms with Gasteiger partial charge in [0.25, 0.3) is 0 Å². The summed E-state index contributed by atoms with van der Waals surface area (Å²) < 4.78 is 14.4. The molecule has 1 aliphatic rings. The number of nitriles is 1. The van der Waals surface area contributed by atoms with E-state index in [9.17, 15) is 9.47 Å². The highest BCUT2D eigenvalue weighted by Gasteiger charge is 2.31. The lowest BCUT2D eigenvalue weighted by molar-refractivity contribution is 0.360. The van der Waals surface area contributed by atoms with E-state index in [2.05, 4.69) is 53.9 Å². The summed E-state index contributed by atoms with van der Waals surface area (Å²) in [5, 5.41) is 11.2. The van der Waals surface area contributed by atoms with Gasteiger partial charge >= 0.3 is 0 Å². The van der Waals surface area contributed by atoms with E-state index in [1.807, 2.05) is 31.3 Å². The van der Waals surface area contributed by atoms with E-state index in [4.69, 9.17) is 0 Å². The molecule has 9 heteroatoms. The Hall–Kier alpha value is -3.51. The van der Waals surface area contributed by atoms with E-state index in [1.54, 1.807) is 12.5 Å². The zero-order chi connectivity index (χ0) is 22.8. The van der Waals surface area contributed by atoms with Crippen LogP contribution in [0, 0.1) is 17.2 Å². The molecule has 3 atom stereocenters. The Balaban J connectivity index is 1.38. The van der Waals surface area contributed by atoms with Gasteiger partial charge in [0.1, 0.15) is 17.0 Å². The summed E-state index contributed by atoms with van der Waals surface area (Å²) in [6.07, 6.45) is 10.7. The molecule has 0 amide bonds. The maximum absolute atomic E-state index is 12.2. The number of aromatic nitrogens is 5. The van der Waals surface area contributed by atoms with Crippen LogP contribution in [0.15, 0.2) is 60.4 Å². The maximum atomic E-state index is 12.2. The Morgan fingerprint density at radius 2 is 2.21 bits per heavy atom. The first-order valence-corrected chi connectivity index (χ1v) is 12.4. The van der Waals surface area contributed by atoms with Gasteiger partial charge in [-0.25, -0.2) is 15.0 Å². The second-order valence-corrected chi connectivity index (χ2v) is 9.91. The third-order valence-electron chi connectivity index (χ3n) is 6.37. The SMILES string of the molecule is CCS(=O)c1cc(N2CCC(C(CC#N)n3ccc(-c4ncnc5[nH]ccc45)c3)C2)ccn1. The normalized spacial score (nSPS) is 17.8. The third-order valence-corrected chi connectivity index (χ3v) is 7.59. The lowest BCUT2D eigenvalue weighted by Crippen LogP contribution is -2.24. The average molecular weight is 460 g/mol. The van der Waals surface area contributed by atoms with Gasteiger partial charge in [0.15, 0.2) is 0 Å². The number of H-pyrrole nitrogens is 1. The van der Waals surface area contributed by atoms with Crippen LogP contribution in [0.1, 0.15) is 25.8 Å². The van der Waals surface area contributed by atoms with Crippen LogP contribution >= 0.6 is 0 Å². The maximum Gasteiger partial charge on any atom is 0.141 e. The monoisotopic (exact) mass is 459 g/mol. The number of pyridine rings is 1. The van der Waals surface area contributed by atoms with Crippen molar-refractivity contribution in [3.63, 3.8) is 0 Å². The van der Waals surface area contributed by atoms with Gasteiger partial charge in [0.05, 0.1) is 35.0 Å². The predicted molar refractivity (Wildman–Crippen MR) is 128 cm³/mol. The molecule has 1 N–H and O–H groups in total. The number of rotatable bonds is 7. The standard InChI is InChI=1S/C24H25N7OS/c1-2-33(32)22-13-19(4-9-26-22)30-11-6-17(14-30)21(3-8-25)31-12-7-18(15-31)23-20-5-10-27-24(20)29-16-28-23/h4-5,7,9-10,12-13,15-17,21H,2-3,6,11,14H2,1H3,(H,27,28,29). The van der Waals surface area contributed by atoms with Crippen molar-refractivity contribution < 1.29 is 4.21 Å². The topological polar surface area (TPSA) is 103 Å². The summed E-state index contributed by atoms with van der Waals surface area (Å²) in [7, 11) is -1.07. The minimum Gasteiger partial charge on any atom is -0.371 e. The molecule has 8 nitrogen and oxygen atoms in total. The molecule has 0 bridgehead atoms. The summed E-state index contributed by atoms with van der Waals surface area (Å²) in [6, 6.07) is 10.4. The molecule has 5 heterocycles. The minimum atomic E-state index is -1.07. The number of fused-ring (bicyclic) bond motifs is 1. The molecular formula is C24H25N7OS. The Bertz CT molecular complexity index is 1340. The Morgan fingerprint density at radius 1 is 1.30 bits per heavy atom. The first-order chi connectivity index (χ1) is 16.2. The molecule has 1 saturated heterocycles. The van der Waals surface area contributed by atoms with E-state index in [-0.39, 0.29) is 6.04 Å². The van der Waals surface area contributed by atoms with Crippen molar-refractivity contribution >= 4 is 27.5 Å². The largest absolute Gasteiger partial charge is 0.371 e. The van der Waals surface area contributed by atoms with Gasteiger partial charge in [-0.05, 0) is 36.6 Å². The highest BCUT2D eigenvalue weighted by molar-refractivity contribution is 7.84. The van der Waals surface area contributed by atoms with Crippen molar-refractivity contribution in [3.8, 4) is 17.3 Å². The van der Waals surface area contributed by atoms with Gasteiger partial charge in [0, 0.05) is 60.3 Å². The van der Waals surface area contributed by atoms with Crippen molar-refractivity contribution in [2.24, 2.45) is 5.92 Å². The highest BCUT2D eigenvalue weighted by atomic mass is 32.2. The first kappa shape index (κ1) is 21.3. The first-order valence-electron chi connectivity index (χ1n) is 11.1. The van der Waals surface area contributed by atoms with Crippen LogP contribution in [-0.4, -0.2) is 47.6 Å². The lowest BCUT2D eigenvalue weighted by atomic mass is 9.96. The minimum absolute atomic E-state index is 0.0726. The molecule has 0 aromatic carbocycles. The van der Waals surface area contributed by atoms with Crippen molar-refractivity contribution in [3.05, 3.63) is 55.4 Å². The molecule has 168 valence electrons. The summed E-state index contributed by atoms with van der Waals surface area (Å²) in [5.41, 5.74) is 3.76. The van der Waals surface area contributed by atoms with E-state index in [0.29, 0.717) is 23.1 Å². The van der Waals surface area contributed by atoms with Crippen molar-refractivity contribution in [2.45, 2.75) is 30.8 Å². The van der Waals surface area contributed by atoms with Crippen LogP contribution in [0.25, 0.3) is 22.3 Å². The average Bonchev–Trinajstić information content (AvgIpc) is 3.62. The second-order valence-electron chi connectivity index (χ2n) is 8.22. The molecule has 3 unspecified atom stereocenters. The molecule has 5 rings (SSSR count). The fourth-order valence-electron chi connectivity index (χ4n) is 4.67. The lowest BCUT2D eigenvalue weighted by Gasteiger charge is -2.24. The second kappa shape index (κ2) is 9.16. The fourth-order valence-corrected chi connectivity index (χ4v) is 5.40. The van der Waals surface area contributed by atoms with E-state index >= 15 is 0 Å². The molecule has 0 radical (unpaired) electrons. The van der Waals surface area contributed by atoms with Crippen molar-refractivity contribution in [1.29, 1.82) is 5.26 Å². The number of aromatic amines is 1. The summed E-state index contributed by atoms with van der Waals surface area (Å²) >= 11 is 0. The molecule has 4 aromatic rings. The van der Waals surface area contributed by atoms with Crippen molar-refractivity contribution in [2.75, 3.05) is 23.7 Å². The Labute approximate surface area is 194 Å². The highest BCUT2D eigenvalue weighted by Crippen LogP contribution is 2.35. The number of hydrogen-bond acceptors (Lipinski definition) is 6. The Morgan fingerprint density at radius 3 is 3.06 bits per heavy atom. The van der Waals surface area contributed by atoms with Gasteiger partial charge in [0.2, 0.25) is 0 Å². The van der Waals surface area contributed by atoms with Crippen LogP contribution in [0.3, 0.4) is 0 Å². The number of anilines is 1. The molecular weight excluding hydrogens is 434 g/mol. The number of nitrogens with zero attached hydrogens (tertiary/aromatic N) is 6. The van der Waals surface area contributed by atoms with Crippen LogP contribution in [0.4, 0.5) is 5.69 Å². The quantitative estimate of drug-likeness (QED) is 0.449. The third kappa shape index (κ3) is 4.14. The number of hydrogen-bond donors (Lipinski definition) is 1. The zero-order valence-electron chi connectivity index (χ0n) is 18.4. The molecule has 0 spiro atoms. The van der Waals surface area contributed by atoms with E-state index < -0.39 is 10.8 Å². The Kier molecular flexibility index (Phi) is 5.92. The van der Waals surface area contributed by atoms with Gasteiger partial charge in [-0.15, -0.1) is 0 Å². The molecule has 1 fully saturated rings. The van der Waals surface area contributed by atoms with Gasteiger partial charge in [-0.2, -0.15) is 5.26 Å². The van der Waals surface area contributed by atoms with Crippen molar-refractivity contribution in [1.82, 2.24) is 24.5 Å². The summed E-state index contributed by atoms with van der Waals surface area (Å²) in [6.45, 7) is 3.65. The number of nitrogens with one attached hydrogen (secondary N) is 1.